The van der Waals surface area contributed by atoms with Gasteiger partial charge < -0.3 is 4.74 Å². The zero-order valence-corrected chi connectivity index (χ0v) is 8.42. The van der Waals surface area contributed by atoms with Crippen molar-refractivity contribution in [1.82, 2.24) is 0 Å². The summed E-state index contributed by atoms with van der Waals surface area (Å²) in [6.45, 7) is 0. The molecule has 0 saturated heterocycles. The number of halogens is 3. The molecule has 0 radical (unpaired) electrons. The van der Waals surface area contributed by atoms with Gasteiger partial charge >= 0.3 is 6.36 Å². The van der Waals surface area contributed by atoms with Crippen LogP contribution in [0.1, 0.15) is 5.56 Å². The van der Waals surface area contributed by atoms with E-state index in [1.807, 2.05) is 0 Å². The fourth-order valence-corrected chi connectivity index (χ4v) is 1.21. The van der Waals surface area contributed by atoms with Crippen LogP contribution in [0.3, 0.4) is 0 Å². The molecule has 0 fully saturated rings. The van der Waals surface area contributed by atoms with Crippen molar-refractivity contribution in [2.45, 2.75) is 6.36 Å². The lowest BCUT2D eigenvalue weighted by atomic mass is 10.2. The van der Waals surface area contributed by atoms with Crippen LogP contribution in [0.25, 0.3) is 0 Å². The summed E-state index contributed by atoms with van der Waals surface area (Å²) in [5.74, 6) is -0.333. The Morgan fingerprint density at radius 2 is 1.86 bits per heavy atom. The highest BCUT2D eigenvalue weighted by Gasteiger charge is 2.32. The van der Waals surface area contributed by atoms with Gasteiger partial charge in [0.05, 0.1) is 4.20 Å². The number of thiocarbonyl (C=S) groups is 1. The van der Waals surface area contributed by atoms with Crippen LogP contribution in [0.5, 0.6) is 5.75 Å². The molecule has 76 valence electrons. The van der Waals surface area contributed by atoms with Crippen LogP contribution < -0.4 is 4.74 Å². The van der Waals surface area contributed by atoms with Gasteiger partial charge in [0.1, 0.15) is 5.75 Å². The molecular formula is C8H5F3OS2. The number of thiol groups is 1. The number of hydrogen-bond acceptors (Lipinski definition) is 2. The van der Waals surface area contributed by atoms with Gasteiger partial charge in [-0.05, 0) is 12.1 Å². The van der Waals surface area contributed by atoms with Gasteiger partial charge in [0.2, 0.25) is 0 Å². The first-order valence-electron chi connectivity index (χ1n) is 3.48. The van der Waals surface area contributed by atoms with Crippen LogP contribution in [-0.4, -0.2) is 10.6 Å². The maximum absolute atomic E-state index is 11.9. The molecular weight excluding hydrogens is 233 g/mol. The highest BCUT2D eigenvalue weighted by atomic mass is 32.1. The highest BCUT2D eigenvalue weighted by Crippen LogP contribution is 2.27. The molecule has 0 N–H and O–H groups in total. The van der Waals surface area contributed by atoms with Gasteiger partial charge in [-0.1, -0.05) is 24.4 Å². The Morgan fingerprint density at radius 3 is 2.36 bits per heavy atom. The second-order valence-corrected chi connectivity index (χ2v) is 3.51. The second-order valence-electron chi connectivity index (χ2n) is 2.35. The average molecular weight is 238 g/mol. The van der Waals surface area contributed by atoms with E-state index in [-0.39, 0.29) is 15.5 Å². The summed E-state index contributed by atoms with van der Waals surface area (Å²) in [5.41, 5.74) is 0.156. The number of rotatable bonds is 2. The first kappa shape index (κ1) is 11.3. The van der Waals surface area contributed by atoms with E-state index in [2.05, 4.69) is 29.6 Å². The predicted molar refractivity (Wildman–Crippen MR) is 53.8 cm³/mol. The third-order valence-electron chi connectivity index (χ3n) is 1.34. The maximum atomic E-state index is 11.9. The smallest absolute Gasteiger partial charge is 0.405 e. The summed E-state index contributed by atoms with van der Waals surface area (Å²) < 4.78 is 39.5. The Labute approximate surface area is 89.3 Å². The summed E-state index contributed by atoms with van der Waals surface area (Å²) in [4.78, 5) is 0. The molecule has 0 aliphatic heterocycles. The number of benzene rings is 1. The average Bonchev–Trinajstić information content (AvgIpc) is 2.01. The number of alkyl halides is 3. The molecule has 1 nitrogen and oxygen atoms in total. The van der Waals surface area contributed by atoms with Gasteiger partial charge in [0.15, 0.2) is 0 Å². The van der Waals surface area contributed by atoms with E-state index in [4.69, 9.17) is 0 Å². The van der Waals surface area contributed by atoms with Crippen molar-refractivity contribution in [3.8, 4) is 5.75 Å². The zero-order valence-electron chi connectivity index (χ0n) is 6.71. The van der Waals surface area contributed by atoms with Crippen LogP contribution in [0.4, 0.5) is 13.2 Å². The molecule has 0 saturated carbocycles. The standard InChI is InChI=1S/C8H5F3OS2/c9-8(10,11)12-6-4-2-1-3-5(6)7(13)14/h1-4H,(H,13,14). The van der Waals surface area contributed by atoms with Gasteiger partial charge in [0.25, 0.3) is 0 Å². The van der Waals surface area contributed by atoms with Crippen molar-refractivity contribution in [1.29, 1.82) is 0 Å². The van der Waals surface area contributed by atoms with E-state index in [0.717, 1.165) is 0 Å². The van der Waals surface area contributed by atoms with Crippen LogP contribution in [-0.2, 0) is 0 Å². The molecule has 6 heteroatoms. The fourth-order valence-electron chi connectivity index (χ4n) is 0.857. The van der Waals surface area contributed by atoms with Crippen molar-refractivity contribution in [3.63, 3.8) is 0 Å². The summed E-state index contributed by atoms with van der Waals surface area (Å²) in [6, 6.07) is 5.58. The molecule has 14 heavy (non-hydrogen) atoms. The molecule has 0 aromatic heterocycles. The van der Waals surface area contributed by atoms with E-state index >= 15 is 0 Å². The predicted octanol–water partition coefficient (Wildman–Crippen LogP) is 3.19. The molecule has 0 aliphatic rings. The van der Waals surface area contributed by atoms with Gasteiger partial charge in [-0.2, -0.15) is 0 Å². The zero-order chi connectivity index (χ0) is 10.8. The van der Waals surface area contributed by atoms with E-state index in [1.54, 1.807) is 6.07 Å². The summed E-state index contributed by atoms with van der Waals surface area (Å²) in [7, 11) is 0. The molecule has 1 aromatic rings. The molecule has 1 rings (SSSR count). The third kappa shape index (κ3) is 3.19. The minimum Gasteiger partial charge on any atom is -0.405 e. The van der Waals surface area contributed by atoms with Crippen molar-refractivity contribution in [2.75, 3.05) is 0 Å². The molecule has 0 amide bonds. The monoisotopic (exact) mass is 238 g/mol. The molecule has 0 unspecified atom stereocenters. The maximum Gasteiger partial charge on any atom is 0.573 e. The normalized spacial score (nSPS) is 11.1. The molecule has 1 aromatic carbocycles. The van der Waals surface area contributed by atoms with Crippen molar-refractivity contribution >= 4 is 29.0 Å². The summed E-state index contributed by atoms with van der Waals surface area (Å²) >= 11 is 8.45. The number of ether oxygens (including phenoxy) is 1. The van der Waals surface area contributed by atoms with E-state index in [0.29, 0.717) is 0 Å². The lowest BCUT2D eigenvalue weighted by molar-refractivity contribution is -0.274. The quantitative estimate of drug-likeness (QED) is 0.626. The molecule has 0 atom stereocenters. The first-order valence-corrected chi connectivity index (χ1v) is 4.34. The number of para-hydroxylation sites is 1. The third-order valence-corrected chi connectivity index (χ3v) is 1.80. The van der Waals surface area contributed by atoms with E-state index in [1.165, 1.54) is 18.2 Å². The molecule has 0 heterocycles. The van der Waals surface area contributed by atoms with Gasteiger partial charge in [-0.3, -0.25) is 0 Å². The van der Waals surface area contributed by atoms with Crippen LogP contribution in [0.15, 0.2) is 24.3 Å². The van der Waals surface area contributed by atoms with Gasteiger partial charge in [-0.25, -0.2) is 0 Å². The van der Waals surface area contributed by atoms with Crippen molar-refractivity contribution in [2.24, 2.45) is 0 Å². The highest BCUT2D eigenvalue weighted by molar-refractivity contribution is 8.11. The lowest BCUT2D eigenvalue weighted by Crippen LogP contribution is -2.18. The van der Waals surface area contributed by atoms with Gasteiger partial charge in [-0.15, -0.1) is 25.8 Å². The fraction of sp³-hybridized carbons (Fsp3) is 0.125. The Morgan fingerprint density at radius 1 is 1.29 bits per heavy atom. The number of hydrogen-bond donors (Lipinski definition) is 1. The van der Waals surface area contributed by atoms with Crippen molar-refractivity contribution < 1.29 is 17.9 Å². The second kappa shape index (κ2) is 4.18. The minimum atomic E-state index is -4.71. The van der Waals surface area contributed by atoms with E-state index < -0.39 is 6.36 Å². The van der Waals surface area contributed by atoms with Crippen molar-refractivity contribution in [3.05, 3.63) is 29.8 Å². The Kier molecular flexibility index (Phi) is 3.38. The van der Waals surface area contributed by atoms with Gasteiger partial charge in [0, 0.05) is 5.56 Å². The minimum absolute atomic E-state index is 0.0600. The largest absolute Gasteiger partial charge is 0.573 e. The topological polar surface area (TPSA) is 9.23 Å². The Bertz CT molecular complexity index is 349. The summed E-state index contributed by atoms with van der Waals surface area (Å²) in [5, 5.41) is 0. The molecule has 0 spiro atoms. The van der Waals surface area contributed by atoms with Crippen LogP contribution in [0, 0.1) is 0 Å². The molecule has 0 bridgehead atoms. The van der Waals surface area contributed by atoms with E-state index in [9.17, 15) is 13.2 Å². The van der Waals surface area contributed by atoms with Crippen LogP contribution in [0.2, 0.25) is 0 Å². The summed E-state index contributed by atoms with van der Waals surface area (Å²) in [6.07, 6.45) is -4.71. The first-order chi connectivity index (χ1) is 6.40. The van der Waals surface area contributed by atoms with Crippen LogP contribution >= 0.6 is 24.8 Å². The Balaban J connectivity index is 3.02. The Hall–Kier alpha value is -0.750. The molecule has 0 aliphatic carbocycles. The SMILES string of the molecule is FC(F)(F)Oc1ccccc1C(=S)S. The lowest BCUT2D eigenvalue weighted by Gasteiger charge is -2.11.